The molecule has 0 aromatic carbocycles. The van der Waals surface area contributed by atoms with E-state index >= 15 is 0 Å². The van der Waals surface area contributed by atoms with Crippen LogP contribution in [0, 0.1) is 0 Å². The van der Waals surface area contributed by atoms with Gasteiger partial charge in [-0.25, -0.2) is 0 Å². The second kappa shape index (κ2) is 5.00. The fourth-order valence-electron chi connectivity index (χ4n) is 0.483. The minimum absolute atomic E-state index is 0.0416. The maximum atomic E-state index is 8.64. The molecule has 0 rings (SSSR count). The standard InChI is InChI=1S/C9H14O/c1-4-5-6-8(2)9(3)7-10/h4-6,10H,3,7H2,1-2H3/b5-4-,8-6-. The van der Waals surface area contributed by atoms with Gasteiger partial charge in [0.2, 0.25) is 0 Å². The molecule has 1 heteroatoms. The summed E-state index contributed by atoms with van der Waals surface area (Å²) in [4.78, 5) is 0. The van der Waals surface area contributed by atoms with Gasteiger partial charge in [0.25, 0.3) is 0 Å². The van der Waals surface area contributed by atoms with Gasteiger partial charge in [0.1, 0.15) is 0 Å². The molecule has 0 bridgehead atoms. The van der Waals surface area contributed by atoms with Gasteiger partial charge in [-0.3, -0.25) is 0 Å². The maximum Gasteiger partial charge on any atom is 0.0678 e. The largest absolute Gasteiger partial charge is 0.392 e. The van der Waals surface area contributed by atoms with Crippen molar-refractivity contribution in [1.82, 2.24) is 0 Å². The van der Waals surface area contributed by atoms with E-state index in [0.29, 0.717) is 0 Å². The predicted octanol–water partition coefficient (Wildman–Crippen LogP) is 2.06. The molecule has 56 valence electrons. The molecule has 0 amide bonds. The highest BCUT2D eigenvalue weighted by atomic mass is 16.3. The lowest BCUT2D eigenvalue weighted by molar-refractivity contribution is 0.334. The first-order valence-corrected chi connectivity index (χ1v) is 3.31. The number of allylic oxidation sites excluding steroid dienone is 3. The van der Waals surface area contributed by atoms with Gasteiger partial charge in [-0.1, -0.05) is 24.8 Å². The number of rotatable bonds is 3. The van der Waals surface area contributed by atoms with Gasteiger partial charge < -0.3 is 5.11 Å². The van der Waals surface area contributed by atoms with E-state index in [4.69, 9.17) is 5.11 Å². The van der Waals surface area contributed by atoms with Gasteiger partial charge in [0.15, 0.2) is 0 Å². The number of hydrogen-bond acceptors (Lipinski definition) is 1. The van der Waals surface area contributed by atoms with Crippen LogP contribution < -0.4 is 0 Å². The highest BCUT2D eigenvalue weighted by Gasteiger charge is 1.90. The topological polar surface area (TPSA) is 20.2 Å². The third-order valence-electron chi connectivity index (χ3n) is 1.29. The second-order valence-electron chi connectivity index (χ2n) is 2.14. The van der Waals surface area contributed by atoms with Crippen LogP contribution in [-0.2, 0) is 0 Å². The molecule has 0 unspecified atom stereocenters. The quantitative estimate of drug-likeness (QED) is 0.592. The minimum atomic E-state index is 0.0416. The Morgan fingerprint density at radius 3 is 2.60 bits per heavy atom. The molecule has 0 aliphatic rings. The van der Waals surface area contributed by atoms with E-state index in [1.165, 1.54) is 0 Å². The molecule has 10 heavy (non-hydrogen) atoms. The summed E-state index contributed by atoms with van der Waals surface area (Å²) in [6.45, 7) is 7.59. The Kier molecular flexibility index (Phi) is 4.59. The maximum absolute atomic E-state index is 8.64. The molecule has 0 atom stereocenters. The summed E-state index contributed by atoms with van der Waals surface area (Å²) < 4.78 is 0. The van der Waals surface area contributed by atoms with Gasteiger partial charge in [-0.05, 0) is 25.0 Å². The van der Waals surface area contributed by atoms with Crippen LogP contribution in [-0.4, -0.2) is 11.7 Å². The molecule has 0 aliphatic heterocycles. The molecular weight excluding hydrogens is 124 g/mol. The van der Waals surface area contributed by atoms with E-state index in [-0.39, 0.29) is 6.61 Å². The van der Waals surface area contributed by atoms with E-state index in [2.05, 4.69) is 6.58 Å². The fraction of sp³-hybridized carbons (Fsp3) is 0.333. The van der Waals surface area contributed by atoms with Crippen molar-refractivity contribution in [2.75, 3.05) is 6.61 Å². The molecule has 1 nitrogen and oxygen atoms in total. The summed E-state index contributed by atoms with van der Waals surface area (Å²) in [5.74, 6) is 0. The van der Waals surface area contributed by atoms with Crippen molar-refractivity contribution >= 4 is 0 Å². The van der Waals surface area contributed by atoms with Crippen molar-refractivity contribution in [1.29, 1.82) is 0 Å². The Labute approximate surface area is 62.4 Å². The zero-order valence-electron chi connectivity index (χ0n) is 6.59. The SMILES string of the molecule is C=C(CO)/C(C)=C\C=C/C. The lowest BCUT2D eigenvalue weighted by atomic mass is 10.1. The van der Waals surface area contributed by atoms with Gasteiger partial charge in [0.05, 0.1) is 6.61 Å². The Hall–Kier alpha value is -0.820. The fourth-order valence-corrected chi connectivity index (χ4v) is 0.483. The normalized spacial score (nSPS) is 12.5. The van der Waals surface area contributed by atoms with Crippen LogP contribution in [0.3, 0.4) is 0 Å². The summed E-state index contributed by atoms with van der Waals surface area (Å²) >= 11 is 0. The third-order valence-corrected chi connectivity index (χ3v) is 1.29. The smallest absolute Gasteiger partial charge is 0.0678 e. The Morgan fingerprint density at radius 1 is 1.60 bits per heavy atom. The van der Waals surface area contributed by atoms with Gasteiger partial charge in [0, 0.05) is 0 Å². The molecule has 0 saturated heterocycles. The first-order chi connectivity index (χ1) is 4.72. The van der Waals surface area contributed by atoms with Crippen molar-refractivity contribution in [3.05, 3.63) is 36.0 Å². The van der Waals surface area contributed by atoms with Gasteiger partial charge >= 0.3 is 0 Å². The molecular formula is C9H14O. The summed E-state index contributed by atoms with van der Waals surface area (Å²) in [5.41, 5.74) is 1.80. The average molecular weight is 138 g/mol. The summed E-state index contributed by atoms with van der Waals surface area (Å²) in [6.07, 6.45) is 5.79. The van der Waals surface area contributed by atoms with Crippen molar-refractivity contribution in [2.45, 2.75) is 13.8 Å². The van der Waals surface area contributed by atoms with E-state index in [1.807, 2.05) is 32.1 Å². The van der Waals surface area contributed by atoms with Crippen molar-refractivity contribution in [3.8, 4) is 0 Å². The van der Waals surface area contributed by atoms with Crippen LogP contribution in [0.4, 0.5) is 0 Å². The molecule has 0 aromatic heterocycles. The van der Waals surface area contributed by atoms with E-state index in [9.17, 15) is 0 Å². The molecule has 0 heterocycles. The monoisotopic (exact) mass is 138 g/mol. The van der Waals surface area contributed by atoms with E-state index in [0.717, 1.165) is 11.1 Å². The number of aliphatic hydroxyl groups excluding tert-OH is 1. The highest BCUT2D eigenvalue weighted by Crippen LogP contribution is 2.04. The Bertz CT molecular complexity index is 164. The summed E-state index contributed by atoms with van der Waals surface area (Å²) in [7, 11) is 0. The molecule has 1 N–H and O–H groups in total. The Morgan fingerprint density at radius 2 is 2.20 bits per heavy atom. The van der Waals surface area contributed by atoms with E-state index < -0.39 is 0 Å². The van der Waals surface area contributed by atoms with Crippen molar-refractivity contribution in [2.24, 2.45) is 0 Å². The first kappa shape index (κ1) is 9.18. The second-order valence-corrected chi connectivity index (χ2v) is 2.14. The Balaban J connectivity index is 4.05. The number of aliphatic hydroxyl groups is 1. The van der Waals surface area contributed by atoms with Crippen LogP contribution >= 0.6 is 0 Å². The average Bonchev–Trinajstić information content (AvgIpc) is 1.98. The van der Waals surface area contributed by atoms with Crippen molar-refractivity contribution < 1.29 is 5.11 Å². The molecule has 0 fully saturated rings. The van der Waals surface area contributed by atoms with Crippen LogP contribution in [0.2, 0.25) is 0 Å². The minimum Gasteiger partial charge on any atom is -0.392 e. The summed E-state index contributed by atoms with van der Waals surface area (Å²) in [6, 6.07) is 0. The lowest BCUT2D eigenvalue weighted by Gasteiger charge is -1.98. The van der Waals surface area contributed by atoms with E-state index in [1.54, 1.807) is 0 Å². The first-order valence-electron chi connectivity index (χ1n) is 3.31. The molecule has 0 spiro atoms. The molecule has 0 aliphatic carbocycles. The number of hydrogen-bond donors (Lipinski definition) is 1. The third kappa shape index (κ3) is 3.25. The van der Waals surface area contributed by atoms with Gasteiger partial charge in [-0.15, -0.1) is 0 Å². The van der Waals surface area contributed by atoms with Gasteiger partial charge in [-0.2, -0.15) is 0 Å². The zero-order chi connectivity index (χ0) is 7.98. The highest BCUT2D eigenvalue weighted by molar-refractivity contribution is 5.29. The molecule has 0 radical (unpaired) electrons. The summed E-state index contributed by atoms with van der Waals surface area (Å²) in [5, 5.41) is 8.64. The van der Waals surface area contributed by atoms with Crippen LogP contribution in [0.1, 0.15) is 13.8 Å². The van der Waals surface area contributed by atoms with Crippen LogP contribution in [0.5, 0.6) is 0 Å². The van der Waals surface area contributed by atoms with Crippen molar-refractivity contribution in [3.63, 3.8) is 0 Å². The van der Waals surface area contributed by atoms with Crippen LogP contribution in [0.25, 0.3) is 0 Å². The van der Waals surface area contributed by atoms with Crippen LogP contribution in [0.15, 0.2) is 36.0 Å². The zero-order valence-corrected chi connectivity index (χ0v) is 6.59. The predicted molar refractivity (Wildman–Crippen MR) is 44.8 cm³/mol. The molecule has 0 saturated carbocycles. The lowest BCUT2D eigenvalue weighted by Crippen LogP contribution is -1.88. The molecule has 0 aromatic rings.